The summed E-state index contributed by atoms with van der Waals surface area (Å²) in [5.41, 5.74) is 10.4. The number of rotatable bonds is 5. The van der Waals surface area contributed by atoms with Crippen LogP contribution in [0, 0.1) is 0 Å². The molecule has 0 aliphatic heterocycles. The minimum Gasteiger partial charge on any atom is -0.480 e. The van der Waals surface area contributed by atoms with Crippen LogP contribution in [0.2, 0.25) is 0 Å². The van der Waals surface area contributed by atoms with Crippen molar-refractivity contribution in [3.8, 4) is 0 Å². The quantitative estimate of drug-likeness (QED) is 0.414. The molecule has 8 N–H and O–H groups in total. The second-order valence-electron chi connectivity index (χ2n) is 2.23. The lowest BCUT2D eigenvalue weighted by Crippen LogP contribution is -2.29. The van der Waals surface area contributed by atoms with E-state index in [2.05, 4.69) is 0 Å². The van der Waals surface area contributed by atoms with Crippen molar-refractivity contribution in [3.63, 3.8) is 0 Å². The van der Waals surface area contributed by atoms with Crippen molar-refractivity contribution < 1.29 is 9.90 Å². The van der Waals surface area contributed by atoms with Crippen LogP contribution >= 0.6 is 0 Å². The maximum atomic E-state index is 10.1. The van der Waals surface area contributed by atoms with E-state index in [0.29, 0.717) is 13.0 Å². The van der Waals surface area contributed by atoms with Crippen LogP contribution in [-0.4, -0.2) is 23.7 Å². The molecule has 0 radical (unpaired) electrons. The Kier molecular flexibility index (Phi) is 8.80. The van der Waals surface area contributed by atoms with Gasteiger partial charge in [0.1, 0.15) is 6.04 Å². The van der Waals surface area contributed by atoms with E-state index < -0.39 is 12.0 Å². The van der Waals surface area contributed by atoms with Crippen LogP contribution in [0.5, 0.6) is 0 Å². The van der Waals surface area contributed by atoms with E-state index in [1.54, 1.807) is 0 Å². The van der Waals surface area contributed by atoms with Gasteiger partial charge >= 0.3 is 5.97 Å². The topological polar surface area (TPSA) is 124 Å². The van der Waals surface area contributed by atoms with Crippen LogP contribution in [0.15, 0.2) is 0 Å². The average Bonchev–Trinajstić information content (AvgIpc) is 1.88. The van der Waals surface area contributed by atoms with Crippen molar-refractivity contribution in [2.75, 3.05) is 6.54 Å². The Morgan fingerprint density at radius 1 is 1.45 bits per heavy atom. The van der Waals surface area contributed by atoms with Crippen molar-refractivity contribution in [2.24, 2.45) is 11.5 Å². The van der Waals surface area contributed by atoms with Gasteiger partial charge in [-0.05, 0) is 19.4 Å². The van der Waals surface area contributed by atoms with Gasteiger partial charge in [-0.15, -0.1) is 0 Å². The van der Waals surface area contributed by atoms with Gasteiger partial charge < -0.3 is 22.7 Å². The number of unbranched alkanes of at least 4 members (excludes halogenated alkanes) is 1. The number of carboxylic acids is 1. The maximum absolute atomic E-state index is 10.1. The highest BCUT2D eigenvalue weighted by Gasteiger charge is 2.09. The van der Waals surface area contributed by atoms with E-state index in [9.17, 15) is 4.79 Å². The highest BCUT2D eigenvalue weighted by molar-refractivity contribution is 5.72. The lowest BCUT2D eigenvalue weighted by molar-refractivity contribution is -0.138. The zero-order valence-corrected chi connectivity index (χ0v) is 6.62. The molecule has 11 heavy (non-hydrogen) atoms. The molecule has 0 aromatic rings. The summed E-state index contributed by atoms with van der Waals surface area (Å²) in [4.78, 5) is 10.1. The smallest absolute Gasteiger partial charge is 0.320 e. The Balaban J connectivity index is 0. The molecule has 0 unspecified atom stereocenters. The molecular weight excluding hydrogens is 146 g/mol. The molecular formula is C6H17N3O2. The van der Waals surface area contributed by atoms with Gasteiger partial charge in [-0.3, -0.25) is 4.79 Å². The highest BCUT2D eigenvalue weighted by atomic mass is 16.4. The zero-order chi connectivity index (χ0) is 7.98. The lowest BCUT2D eigenvalue weighted by atomic mass is 10.1. The fourth-order valence-corrected chi connectivity index (χ4v) is 0.632. The summed E-state index contributed by atoms with van der Waals surface area (Å²) >= 11 is 0. The predicted molar refractivity (Wildman–Crippen MR) is 43.5 cm³/mol. The fraction of sp³-hybridized carbons (Fsp3) is 0.833. The molecule has 0 aliphatic rings. The second-order valence-corrected chi connectivity index (χ2v) is 2.23. The molecule has 0 saturated carbocycles. The average molecular weight is 163 g/mol. The first kappa shape index (κ1) is 13.0. The number of hydrogen-bond acceptors (Lipinski definition) is 4. The fourth-order valence-electron chi connectivity index (χ4n) is 0.632. The van der Waals surface area contributed by atoms with Gasteiger partial charge in [-0.1, -0.05) is 6.42 Å². The molecule has 5 heteroatoms. The molecule has 0 saturated heterocycles. The largest absolute Gasteiger partial charge is 0.480 e. The Bertz CT molecular complexity index is 108. The van der Waals surface area contributed by atoms with Gasteiger partial charge in [0.05, 0.1) is 0 Å². The normalized spacial score (nSPS) is 11.8. The minimum absolute atomic E-state index is 0. The summed E-state index contributed by atoms with van der Waals surface area (Å²) in [7, 11) is 0. The van der Waals surface area contributed by atoms with E-state index in [4.69, 9.17) is 16.6 Å². The molecule has 0 fully saturated rings. The number of carbonyl (C=O) groups is 1. The predicted octanol–water partition coefficient (Wildman–Crippen LogP) is -0.311. The Morgan fingerprint density at radius 2 is 2.00 bits per heavy atom. The van der Waals surface area contributed by atoms with E-state index in [-0.39, 0.29) is 6.15 Å². The molecule has 0 heterocycles. The van der Waals surface area contributed by atoms with Crippen molar-refractivity contribution in [2.45, 2.75) is 25.3 Å². The summed E-state index contributed by atoms with van der Waals surface area (Å²) in [6.07, 6.45) is 2.16. The van der Waals surface area contributed by atoms with E-state index in [0.717, 1.165) is 12.8 Å². The standard InChI is InChI=1S/C6H14N2O2.H3N/c7-4-2-1-3-5(8)6(9)10;/h5H,1-4,7-8H2,(H,9,10);1H3/t5-;/m1./s1. The molecule has 0 amide bonds. The third-order valence-electron chi connectivity index (χ3n) is 1.29. The highest BCUT2D eigenvalue weighted by Crippen LogP contribution is 1.96. The first-order valence-electron chi connectivity index (χ1n) is 3.37. The molecule has 5 nitrogen and oxygen atoms in total. The van der Waals surface area contributed by atoms with E-state index in [1.165, 1.54) is 0 Å². The number of carboxylic acid groups (broad SMARTS) is 1. The van der Waals surface area contributed by atoms with Crippen molar-refractivity contribution >= 4 is 5.97 Å². The van der Waals surface area contributed by atoms with E-state index >= 15 is 0 Å². The van der Waals surface area contributed by atoms with Gasteiger partial charge in [0.25, 0.3) is 0 Å². The molecule has 0 bridgehead atoms. The van der Waals surface area contributed by atoms with Crippen molar-refractivity contribution in [1.29, 1.82) is 0 Å². The summed E-state index contributed by atoms with van der Waals surface area (Å²) in [6, 6.07) is -0.716. The Hall–Kier alpha value is -0.650. The third-order valence-corrected chi connectivity index (χ3v) is 1.29. The number of aliphatic carboxylic acids is 1. The minimum atomic E-state index is -0.933. The summed E-state index contributed by atoms with van der Waals surface area (Å²) < 4.78 is 0. The Morgan fingerprint density at radius 3 is 2.36 bits per heavy atom. The van der Waals surface area contributed by atoms with E-state index in [1.807, 2.05) is 0 Å². The molecule has 1 atom stereocenters. The first-order valence-corrected chi connectivity index (χ1v) is 3.37. The van der Waals surface area contributed by atoms with Crippen LogP contribution < -0.4 is 17.6 Å². The molecule has 0 aromatic carbocycles. The SMILES string of the molecule is N.NCCCC[C@@H](N)C(=O)O. The van der Waals surface area contributed by atoms with Crippen LogP contribution in [-0.2, 0) is 4.79 Å². The molecule has 0 rings (SSSR count). The van der Waals surface area contributed by atoms with Gasteiger partial charge in [0.15, 0.2) is 0 Å². The van der Waals surface area contributed by atoms with Crippen LogP contribution in [0.25, 0.3) is 0 Å². The first-order chi connectivity index (χ1) is 4.68. The molecule has 0 aliphatic carbocycles. The Labute approximate surface area is 66.3 Å². The third kappa shape index (κ3) is 7.24. The van der Waals surface area contributed by atoms with Gasteiger partial charge in [-0.25, -0.2) is 0 Å². The van der Waals surface area contributed by atoms with Crippen molar-refractivity contribution in [3.05, 3.63) is 0 Å². The van der Waals surface area contributed by atoms with Crippen molar-refractivity contribution in [1.82, 2.24) is 6.15 Å². The number of hydrogen-bond donors (Lipinski definition) is 4. The molecule has 0 spiro atoms. The van der Waals surface area contributed by atoms with Gasteiger partial charge in [0, 0.05) is 0 Å². The second kappa shape index (κ2) is 7.46. The van der Waals surface area contributed by atoms with Gasteiger partial charge in [-0.2, -0.15) is 0 Å². The van der Waals surface area contributed by atoms with Crippen LogP contribution in [0.1, 0.15) is 19.3 Å². The summed E-state index contributed by atoms with van der Waals surface area (Å²) in [5, 5.41) is 8.33. The summed E-state index contributed by atoms with van der Waals surface area (Å²) in [5.74, 6) is -0.933. The molecule has 0 aromatic heterocycles. The van der Waals surface area contributed by atoms with Crippen LogP contribution in [0.3, 0.4) is 0 Å². The van der Waals surface area contributed by atoms with Gasteiger partial charge in [0.2, 0.25) is 0 Å². The zero-order valence-electron chi connectivity index (χ0n) is 6.62. The lowest BCUT2D eigenvalue weighted by Gasteiger charge is -2.03. The monoisotopic (exact) mass is 163 g/mol. The molecule has 68 valence electrons. The summed E-state index contributed by atoms with van der Waals surface area (Å²) in [6.45, 7) is 0.604. The van der Waals surface area contributed by atoms with Crippen LogP contribution in [0.4, 0.5) is 0 Å². The number of nitrogens with two attached hydrogens (primary N) is 2. The maximum Gasteiger partial charge on any atom is 0.320 e.